The molecule has 0 atom stereocenters. The van der Waals surface area contributed by atoms with Crippen LogP contribution in [-0.4, -0.2) is 0 Å². The van der Waals surface area contributed by atoms with Crippen LogP contribution in [0.2, 0.25) is 0 Å². The highest BCUT2D eigenvalue weighted by Gasteiger charge is 1.75. The predicted octanol–water partition coefficient (Wildman–Crippen LogP) is 5.19. The van der Waals surface area contributed by atoms with Crippen molar-refractivity contribution < 1.29 is 0 Å². The lowest BCUT2D eigenvalue weighted by Crippen LogP contribution is -1.63. The van der Waals surface area contributed by atoms with Gasteiger partial charge in [-0.15, -0.1) is 0 Å². The second-order valence-electron chi connectivity index (χ2n) is 3.18. The van der Waals surface area contributed by atoms with E-state index in [-0.39, 0.29) is 0 Å². The molecule has 0 spiro atoms. The summed E-state index contributed by atoms with van der Waals surface area (Å²) in [6.07, 6.45) is 14.6. The van der Waals surface area contributed by atoms with Crippen molar-refractivity contribution in [2.45, 2.75) is 6.42 Å². The third-order valence-corrected chi connectivity index (χ3v) is 1.86. The van der Waals surface area contributed by atoms with Gasteiger partial charge in [0.15, 0.2) is 0 Å². The van der Waals surface area contributed by atoms with Gasteiger partial charge in [0.25, 0.3) is 0 Å². The summed E-state index contributed by atoms with van der Waals surface area (Å²) in [6, 6.07) is 10.0. The SMILES string of the molecule is C1=CCC=C1.C=CC=C.C=Cc1ccccc1. The van der Waals surface area contributed by atoms with E-state index in [2.05, 4.69) is 44.0 Å². The molecule has 0 N–H and O–H groups in total. The fourth-order valence-electron chi connectivity index (χ4n) is 0.982. The lowest BCUT2D eigenvalue weighted by atomic mass is 10.2. The van der Waals surface area contributed by atoms with Gasteiger partial charge in [-0.3, -0.25) is 0 Å². The van der Waals surface area contributed by atoms with Crippen LogP contribution in [0, 0.1) is 0 Å². The second kappa shape index (κ2) is 12.0. The van der Waals surface area contributed by atoms with E-state index < -0.39 is 0 Å². The summed E-state index contributed by atoms with van der Waals surface area (Å²) in [7, 11) is 0. The molecule has 0 nitrogen and oxygen atoms in total. The Bertz CT molecular complexity index is 350. The Balaban J connectivity index is 0.000000246. The molecule has 0 heteroatoms. The predicted molar refractivity (Wildman–Crippen MR) is 79.8 cm³/mol. The third kappa shape index (κ3) is 10.2. The van der Waals surface area contributed by atoms with Gasteiger partial charge in [0.05, 0.1) is 0 Å². The maximum atomic E-state index is 3.63. The van der Waals surface area contributed by atoms with Crippen LogP contribution in [0.4, 0.5) is 0 Å². The average Bonchev–Trinajstić information content (AvgIpc) is 2.99. The van der Waals surface area contributed by atoms with Crippen LogP contribution in [0.25, 0.3) is 6.08 Å². The minimum Gasteiger partial charge on any atom is -0.0991 e. The Morgan fingerprint density at radius 2 is 1.35 bits per heavy atom. The summed E-state index contributed by atoms with van der Waals surface area (Å²) in [5.41, 5.74) is 1.17. The van der Waals surface area contributed by atoms with Gasteiger partial charge >= 0.3 is 0 Å². The topological polar surface area (TPSA) is 0 Å². The monoisotopic (exact) mass is 224 g/mol. The Labute approximate surface area is 105 Å². The summed E-state index contributed by atoms with van der Waals surface area (Å²) in [4.78, 5) is 0. The zero-order valence-corrected chi connectivity index (χ0v) is 10.3. The zero-order chi connectivity index (χ0) is 12.8. The summed E-state index contributed by atoms with van der Waals surface area (Å²) in [6.45, 7) is 10.4. The van der Waals surface area contributed by atoms with Crippen LogP contribution in [0.3, 0.4) is 0 Å². The maximum Gasteiger partial charge on any atom is -0.0163 e. The van der Waals surface area contributed by atoms with Gasteiger partial charge in [-0.05, 0) is 12.0 Å². The molecule has 0 radical (unpaired) electrons. The maximum absolute atomic E-state index is 3.63. The molecule has 0 fully saturated rings. The summed E-state index contributed by atoms with van der Waals surface area (Å²) in [5, 5.41) is 0. The Kier molecular flexibility index (Phi) is 10.5. The van der Waals surface area contributed by atoms with Gasteiger partial charge in [0, 0.05) is 0 Å². The first-order valence-electron chi connectivity index (χ1n) is 5.57. The molecule has 0 amide bonds. The average molecular weight is 224 g/mol. The Morgan fingerprint density at radius 3 is 1.59 bits per heavy atom. The standard InChI is InChI=1S/C8H8.C5H6.C4H6/c1-2-8-6-4-3-5-7-8;1-2-4-5-3-1;1-3-4-2/h2-7H,1H2;1-4H,5H2;3-4H,1-2H2. The molecule has 0 bridgehead atoms. The fraction of sp³-hybridized carbons (Fsp3) is 0.0588. The number of hydrogen-bond donors (Lipinski definition) is 0. The first kappa shape index (κ1) is 14.9. The van der Waals surface area contributed by atoms with E-state index in [0.717, 1.165) is 6.42 Å². The first-order valence-corrected chi connectivity index (χ1v) is 5.57. The molecule has 1 aromatic rings. The van der Waals surface area contributed by atoms with Gasteiger partial charge in [-0.2, -0.15) is 0 Å². The number of hydrogen-bond acceptors (Lipinski definition) is 0. The van der Waals surface area contributed by atoms with Gasteiger partial charge in [-0.25, -0.2) is 0 Å². The van der Waals surface area contributed by atoms with E-state index >= 15 is 0 Å². The van der Waals surface area contributed by atoms with Crippen molar-refractivity contribution in [1.82, 2.24) is 0 Å². The molecular formula is C17H20. The molecule has 1 aromatic carbocycles. The van der Waals surface area contributed by atoms with E-state index in [1.807, 2.05) is 36.4 Å². The van der Waals surface area contributed by atoms with Crippen LogP contribution in [0.15, 0.2) is 86.5 Å². The largest absolute Gasteiger partial charge is 0.0991 e. The van der Waals surface area contributed by atoms with E-state index in [1.165, 1.54) is 5.56 Å². The molecule has 88 valence electrons. The van der Waals surface area contributed by atoms with E-state index in [0.29, 0.717) is 0 Å². The summed E-state index contributed by atoms with van der Waals surface area (Å²) >= 11 is 0. The molecule has 0 aliphatic heterocycles. The lowest BCUT2D eigenvalue weighted by Gasteiger charge is -1.85. The van der Waals surface area contributed by atoms with Crippen LogP contribution in [0.5, 0.6) is 0 Å². The van der Waals surface area contributed by atoms with Gasteiger partial charge in [0.1, 0.15) is 0 Å². The smallest absolute Gasteiger partial charge is 0.0163 e. The van der Waals surface area contributed by atoms with Crippen molar-refractivity contribution >= 4 is 6.08 Å². The lowest BCUT2D eigenvalue weighted by molar-refractivity contribution is 1.45. The second-order valence-corrected chi connectivity index (χ2v) is 3.18. The van der Waals surface area contributed by atoms with Crippen molar-refractivity contribution in [3.63, 3.8) is 0 Å². The van der Waals surface area contributed by atoms with Gasteiger partial charge in [-0.1, -0.05) is 92.6 Å². The zero-order valence-electron chi connectivity index (χ0n) is 10.3. The van der Waals surface area contributed by atoms with Crippen LogP contribution < -0.4 is 0 Å². The van der Waals surface area contributed by atoms with Crippen LogP contribution in [0.1, 0.15) is 12.0 Å². The third-order valence-electron chi connectivity index (χ3n) is 1.86. The molecule has 0 heterocycles. The van der Waals surface area contributed by atoms with Crippen molar-refractivity contribution in [2.75, 3.05) is 0 Å². The number of rotatable bonds is 2. The normalized spacial score (nSPS) is 10.4. The molecule has 1 aliphatic carbocycles. The molecule has 0 saturated carbocycles. The highest BCUT2D eigenvalue weighted by atomic mass is 13.8. The minimum absolute atomic E-state index is 1.14. The van der Waals surface area contributed by atoms with Crippen molar-refractivity contribution in [3.05, 3.63) is 92.1 Å². The fourth-order valence-corrected chi connectivity index (χ4v) is 0.982. The molecule has 17 heavy (non-hydrogen) atoms. The van der Waals surface area contributed by atoms with Crippen molar-refractivity contribution in [2.24, 2.45) is 0 Å². The number of allylic oxidation sites excluding steroid dienone is 6. The van der Waals surface area contributed by atoms with Gasteiger partial charge in [0.2, 0.25) is 0 Å². The molecule has 0 aromatic heterocycles. The van der Waals surface area contributed by atoms with Crippen molar-refractivity contribution in [1.29, 1.82) is 0 Å². The molecule has 1 aliphatic rings. The van der Waals surface area contributed by atoms with Crippen molar-refractivity contribution in [3.8, 4) is 0 Å². The molecule has 0 unspecified atom stereocenters. The highest BCUT2D eigenvalue weighted by molar-refractivity contribution is 5.45. The Hall–Kier alpha value is -2.08. The summed E-state index contributed by atoms with van der Waals surface area (Å²) in [5.74, 6) is 0. The number of benzene rings is 1. The quantitative estimate of drug-likeness (QED) is 0.606. The molecular weight excluding hydrogens is 204 g/mol. The minimum atomic E-state index is 1.14. The van der Waals surface area contributed by atoms with E-state index in [4.69, 9.17) is 0 Å². The summed E-state index contributed by atoms with van der Waals surface area (Å²) < 4.78 is 0. The molecule has 0 saturated heterocycles. The van der Waals surface area contributed by atoms with E-state index in [9.17, 15) is 0 Å². The Morgan fingerprint density at radius 1 is 0.824 bits per heavy atom. The van der Waals surface area contributed by atoms with Crippen LogP contribution >= 0.6 is 0 Å². The highest BCUT2D eigenvalue weighted by Crippen LogP contribution is 1.97. The van der Waals surface area contributed by atoms with Crippen LogP contribution in [-0.2, 0) is 0 Å². The first-order chi connectivity index (χ1) is 8.35. The van der Waals surface area contributed by atoms with E-state index in [1.54, 1.807) is 12.2 Å². The molecule has 2 rings (SSSR count). The van der Waals surface area contributed by atoms with Gasteiger partial charge < -0.3 is 0 Å².